The second-order valence-corrected chi connectivity index (χ2v) is 7.41. The van der Waals surface area contributed by atoms with E-state index >= 15 is 0 Å². The van der Waals surface area contributed by atoms with Crippen LogP contribution in [0.3, 0.4) is 0 Å². The Labute approximate surface area is 157 Å². The van der Waals surface area contributed by atoms with Crippen LogP contribution in [0, 0.1) is 11.8 Å². The summed E-state index contributed by atoms with van der Waals surface area (Å²) in [5.41, 5.74) is 0.988. The summed E-state index contributed by atoms with van der Waals surface area (Å²) in [7, 11) is 0. The topological polar surface area (TPSA) is 46.9 Å². The van der Waals surface area contributed by atoms with Crippen molar-refractivity contribution in [2.45, 2.75) is 38.4 Å². The van der Waals surface area contributed by atoms with Crippen molar-refractivity contribution in [3.8, 4) is 0 Å². The first-order valence-corrected chi connectivity index (χ1v) is 9.26. The second kappa shape index (κ2) is 7.82. The van der Waals surface area contributed by atoms with Gasteiger partial charge in [-0.15, -0.1) is 0 Å². The zero-order valence-electron chi connectivity index (χ0n) is 14.0. The molecule has 0 spiro atoms. The van der Waals surface area contributed by atoms with Crippen molar-refractivity contribution in [3.63, 3.8) is 0 Å². The Kier molecular flexibility index (Phi) is 5.70. The van der Waals surface area contributed by atoms with E-state index in [0.29, 0.717) is 25.2 Å². The Morgan fingerprint density at radius 2 is 2.04 bits per heavy atom. The van der Waals surface area contributed by atoms with E-state index in [1.54, 1.807) is 16.9 Å². The zero-order valence-corrected chi connectivity index (χ0v) is 15.6. The lowest BCUT2D eigenvalue weighted by molar-refractivity contribution is -0.185. The lowest BCUT2D eigenvalue weighted by atomic mass is 9.80. The molecule has 1 saturated carbocycles. The van der Waals surface area contributed by atoms with Crippen molar-refractivity contribution >= 4 is 27.7 Å². The van der Waals surface area contributed by atoms with E-state index < -0.39 is 18.0 Å². The van der Waals surface area contributed by atoms with Gasteiger partial charge in [0, 0.05) is 16.5 Å². The first kappa shape index (κ1) is 18.9. The summed E-state index contributed by atoms with van der Waals surface area (Å²) in [5.74, 6) is -1.90. The van der Waals surface area contributed by atoms with Crippen LogP contribution in [0.2, 0.25) is 0 Å². The molecule has 26 heavy (non-hydrogen) atoms. The summed E-state index contributed by atoms with van der Waals surface area (Å²) in [6.07, 6.45) is -1.82. The van der Waals surface area contributed by atoms with Crippen LogP contribution in [-0.4, -0.2) is 21.9 Å². The molecule has 0 aliphatic heterocycles. The van der Waals surface area contributed by atoms with Crippen LogP contribution < -0.4 is 5.32 Å². The zero-order chi connectivity index (χ0) is 18.7. The van der Waals surface area contributed by atoms with E-state index in [1.807, 2.05) is 24.3 Å². The molecule has 140 valence electrons. The van der Waals surface area contributed by atoms with E-state index in [4.69, 9.17) is 0 Å². The highest BCUT2D eigenvalue weighted by Crippen LogP contribution is 2.40. The van der Waals surface area contributed by atoms with Gasteiger partial charge in [-0.1, -0.05) is 40.5 Å². The molecular formula is C18H19BrF3N3O. The number of carbonyl (C=O) groups excluding carboxylic acids is 1. The van der Waals surface area contributed by atoms with E-state index in [1.165, 1.54) is 0 Å². The van der Waals surface area contributed by atoms with E-state index in [0.717, 1.165) is 10.0 Å². The Bertz CT molecular complexity index is 775. The van der Waals surface area contributed by atoms with Gasteiger partial charge in [0.1, 0.15) is 5.82 Å². The summed E-state index contributed by atoms with van der Waals surface area (Å²) in [5, 5.41) is 6.96. The van der Waals surface area contributed by atoms with Crippen LogP contribution in [0.4, 0.5) is 19.0 Å². The molecule has 0 saturated heterocycles. The van der Waals surface area contributed by atoms with Gasteiger partial charge in [0.05, 0.1) is 18.7 Å². The SMILES string of the molecule is O=C(Nc1ccnn1Cc1ccccc1Br)C1CCCC(C(F)(F)F)C1. The highest BCUT2D eigenvalue weighted by Gasteiger charge is 2.43. The maximum absolute atomic E-state index is 12.9. The molecule has 0 bridgehead atoms. The third-order valence-corrected chi connectivity index (χ3v) is 5.53. The average Bonchev–Trinajstić information content (AvgIpc) is 3.03. The molecule has 2 aromatic rings. The summed E-state index contributed by atoms with van der Waals surface area (Å²) in [6.45, 7) is 0.444. The van der Waals surface area contributed by atoms with Gasteiger partial charge in [0.15, 0.2) is 0 Å². The standard InChI is InChI=1S/C18H19BrF3N3O/c19-15-7-2-1-4-13(15)11-25-16(8-9-23-25)24-17(26)12-5-3-6-14(10-12)18(20,21)22/h1-2,4,7-9,12,14H,3,5-6,10-11H2,(H,24,26). The fraction of sp³-hybridized carbons (Fsp3) is 0.444. The molecule has 8 heteroatoms. The minimum Gasteiger partial charge on any atom is -0.311 e. The largest absolute Gasteiger partial charge is 0.391 e. The Balaban J connectivity index is 1.67. The molecule has 1 amide bonds. The summed E-state index contributed by atoms with van der Waals surface area (Å²) in [6, 6.07) is 9.31. The number of carbonyl (C=O) groups is 1. The number of alkyl halides is 3. The Morgan fingerprint density at radius 1 is 1.27 bits per heavy atom. The highest BCUT2D eigenvalue weighted by molar-refractivity contribution is 9.10. The number of hydrogen-bond donors (Lipinski definition) is 1. The highest BCUT2D eigenvalue weighted by atomic mass is 79.9. The van der Waals surface area contributed by atoms with Gasteiger partial charge in [-0.05, 0) is 30.9 Å². The molecule has 0 radical (unpaired) electrons. The average molecular weight is 430 g/mol. The second-order valence-electron chi connectivity index (χ2n) is 6.56. The summed E-state index contributed by atoms with van der Waals surface area (Å²) >= 11 is 3.47. The minimum absolute atomic E-state index is 0.104. The summed E-state index contributed by atoms with van der Waals surface area (Å²) in [4.78, 5) is 12.5. The Hall–Kier alpha value is -1.83. The number of nitrogens with zero attached hydrogens (tertiary/aromatic N) is 2. The smallest absolute Gasteiger partial charge is 0.311 e. The molecular weight excluding hydrogens is 411 g/mol. The molecule has 1 N–H and O–H groups in total. The third kappa shape index (κ3) is 4.47. The number of benzene rings is 1. The van der Waals surface area contributed by atoms with E-state index in [-0.39, 0.29) is 18.7 Å². The lowest BCUT2D eigenvalue weighted by Crippen LogP contribution is -2.34. The van der Waals surface area contributed by atoms with Crippen molar-refractivity contribution in [3.05, 3.63) is 46.6 Å². The van der Waals surface area contributed by atoms with Gasteiger partial charge in [0.25, 0.3) is 0 Å². The number of rotatable bonds is 4. The van der Waals surface area contributed by atoms with Crippen LogP contribution in [-0.2, 0) is 11.3 Å². The van der Waals surface area contributed by atoms with Crippen LogP contribution in [0.25, 0.3) is 0 Å². The van der Waals surface area contributed by atoms with Gasteiger partial charge >= 0.3 is 6.18 Å². The molecule has 1 aliphatic carbocycles. The molecule has 1 fully saturated rings. The normalized spacial score (nSPS) is 20.8. The van der Waals surface area contributed by atoms with Crippen LogP contribution in [0.15, 0.2) is 41.0 Å². The predicted octanol–water partition coefficient (Wildman–Crippen LogP) is 5.00. The summed E-state index contributed by atoms with van der Waals surface area (Å²) < 4.78 is 41.4. The first-order chi connectivity index (χ1) is 12.3. The van der Waals surface area contributed by atoms with Gasteiger partial charge in [-0.25, -0.2) is 4.68 Å². The predicted molar refractivity (Wildman–Crippen MR) is 95.6 cm³/mol. The van der Waals surface area contributed by atoms with Gasteiger partial charge in [-0.3, -0.25) is 4.79 Å². The number of nitrogens with one attached hydrogen (secondary N) is 1. The molecule has 2 atom stereocenters. The molecule has 2 unspecified atom stereocenters. The lowest BCUT2D eigenvalue weighted by Gasteiger charge is -2.29. The molecule has 1 aromatic carbocycles. The van der Waals surface area contributed by atoms with Crippen LogP contribution in [0.1, 0.15) is 31.2 Å². The van der Waals surface area contributed by atoms with Gasteiger partial charge in [-0.2, -0.15) is 18.3 Å². The monoisotopic (exact) mass is 429 g/mol. The van der Waals surface area contributed by atoms with Crippen LogP contribution >= 0.6 is 15.9 Å². The number of aromatic nitrogens is 2. The number of hydrogen-bond acceptors (Lipinski definition) is 2. The van der Waals surface area contributed by atoms with Crippen molar-refractivity contribution in [2.24, 2.45) is 11.8 Å². The van der Waals surface area contributed by atoms with Crippen molar-refractivity contribution < 1.29 is 18.0 Å². The molecule has 1 heterocycles. The number of anilines is 1. The third-order valence-electron chi connectivity index (χ3n) is 4.75. The molecule has 3 rings (SSSR count). The van der Waals surface area contributed by atoms with Crippen LogP contribution in [0.5, 0.6) is 0 Å². The quantitative estimate of drug-likeness (QED) is 0.742. The fourth-order valence-electron chi connectivity index (χ4n) is 3.31. The van der Waals surface area contributed by atoms with Crippen molar-refractivity contribution in [2.75, 3.05) is 5.32 Å². The van der Waals surface area contributed by atoms with Crippen molar-refractivity contribution in [1.82, 2.24) is 9.78 Å². The van der Waals surface area contributed by atoms with E-state index in [9.17, 15) is 18.0 Å². The maximum Gasteiger partial charge on any atom is 0.391 e. The van der Waals surface area contributed by atoms with Crippen molar-refractivity contribution in [1.29, 1.82) is 0 Å². The minimum atomic E-state index is -4.24. The first-order valence-electron chi connectivity index (χ1n) is 8.47. The van der Waals surface area contributed by atoms with Gasteiger partial charge < -0.3 is 5.32 Å². The maximum atomic E-state index is 12.9. The van der Waals surface area contributed by atoms with Gasteiger partial charge in [0.2, 0.25) is 5.91 Å². The molecule has 1 aliphatic rings. The number of halogens is 4. The Morgan fingerprint density at radius 3 is 2.77 bits per heavy atom. The number of amides is 1. The molecule has 4 nitrogen and oxygen atoms in total. The fourth-order valence-corrected chi connectivity index (χ4v) is 3.72. The van der Waals surface area contributed by atoms with E-state index in [2.05, 4.69) is 26.3 Å². The molecule has 1 aromatic heterocycles.